The molecule has 0 aliphatic heterocycles. The van der Waals surface area contributed by atoms with E-state index in [0.29, 0.717) is 0 Å². The molecule has 3 aromatic rings. The molecule has 0 radical (unpaired) electrons. The van der Waals surface area contributed by atoms with Gasteiger partial charge in [-0.1, -0.05) is 29.3 Å². The predicted octanol–water partition coefficient (Wildman–Crippen LogP) is 3.15. The van der Waals surface area contributed by atoms with Gasteiger partial charge >= 0.3 is 5.82 Å². The number of rotatable bonds is 1. The van der Waals surface area contributed by atoms with Crippen LogP contribution in [0.2, 0.25) is 0 Å². The molecule has 0 N–H and O–H groups in total. The van der Waals surface area contributed by atoms with Gasteiger partial charge in [0.05, 0.1) is 7.05 Å². The molecule has 1 aromatic heterocycles. The van der Waals surface area contributed by atoms with Crippen molar-refractivity contribution in [2.24, 2.45) is 12.0 Å². The molecule has 0 aliphatic carbocycles. The van der Waals surface area contributed by atoms with Crippen LogP contribution in [0.1, 0.15) is 0 Å². The molecule has 3 rings (SSSR count). The van der Waals surface area contributed by atoms with Gasteiger partial charge in [0.1, 0.15) is 12.2 Å². The van der Waals surface area contributed by atoms with Gasteiger partial charge in [-0.25, -0.2) is 4.57 Å². The van der Waals surface area contributed by atoms with Crippen molar-refractivity contribution in [2.45, 2.75) is 0 Å². The summed E-state index contributed by atoms with van der Waals surface area (Å²) in [6.07, 6.45) is 0. The van der Waals surface area contributed by atoms with Gasteiger partial charge in [-0.15, -0.1) is 0 Å². The first-order valence-corrected chi connectivity index (χ1v) is 5.58. The highest BCUT2D eigenvalue weighted by molar-refractivity contribution is 5.95. The van der Waals surface area contributed by atoms with Gasteiger partial charge in [-0.3, -0.25) is 0 Å². The minimum absolute atomic E-state index is 0.882. The van der Waals surface area contributed by atoms with Gasteiger partial charge in [0.2, 0.25) is 0 Å². The van der Waals surface area contributed by atoms with Gasteiger partial charge in [-0.2, -0.15) is 0 Å². The highest BCUT2D eigenvalue weighted by Gasteiger charge is 2.09. The van der Waals surface area contributed by atoms with Crippen LogP contribution in [-0.4, -0.2) is 6.72 Å². The summed E-state index contributed by atoms with van der Waals surface area (Å²) in [6, 6.07) is 16.9. The minimum atomic E-state index is 0.882. The van der Waals surface area contributed by atoms with Crippen molar-refractivity contribution in [3.05, 3.63) is 48.5 Å². The molecule has 0 spiro atoms. The third-order valence-corrected chi connectivity index (χ3v) is 3.17. The zero-order chi connectivity index (χ0) is 11.8. The summed E-state index contributed by atoms with van der Waals surface area (Å²) in [5, 5.41) is 3.73. The summed E-state index contributed by atoms with van der Waals surface area (Å²) in [4.78, 5) is 4.01. The lowest BCUT2D eigenvalue weighted by Gasteiger charge is -2.04. The van der Waals surface area contributed by atoms with Crippen molar-refractivity contribution in [3.63, 3.8) is 0 Å². The number of aryl methyl sites for hydroxylation is 1. The van der Waals surface area contributed by atoms with Crippen LogP contribution in [0.25, 0.3) is 21.7 Å². The Hall–Kier alpha value is -2.22. The number of fused-ring (bicyclic) bond motifs is 2. The quantitative estimate of drug-likeness (QED) is 0.341. The van der Waals surface area contributed by atoms with E-state index >= 15 is 0 Å². The van der Waals surface area contributed by atoms with Crippen molar-refractivity contribution >= 4 is 34.2 Å². The first-order chi connectivity index (χ1) is 8.29. The van der Waals surface area contributed by atoms with E-state index in [4.69, 9.17) is 0 Å². The van der Waals surface area contributed by atoms with E-state index in [1.54, 1.807) is 0 Å². The second kappa shape index (κ2) is 3.67. The molecule has 2 aromatic carbocycles. The van der Waals surface area contributed by atoms with Gasteiger partial charge in [0, 0.05) is 11.5 Å². The maximum atomic E-state index is 4.01. The molecular formula is C15H13N2+. The van der Waals surface area contributed by atoms with E-state index in [2.05, 4.69) is 58.7 Å². The van der Waals surface area contributed by atoms with E-state index in [1.807, 2.05) is 13.1 Å². The molecule has 0 amide bonds. The summed E-state index contributed by atoms with van der Waals surface area (Å²) in [7, 11) is 2.02. The smallest absolute Gasteiger partial charge is 0.226 e. The Labute approximate surface area is 99.8 Å². The minimum Gasteiger partial charge on any atom is -0.226 e. The fourth-order valence-corrected chi connectivity index (χ4v) is 2.23. The van der Waals surface area contributed by atoms with Gasteiger partial charge in [0.25, 0.3) is 0 Å². The number of benzene rings is 2. The number of hydrogen-bond acceptors (Lipinski definition) is 1. The summed E-state index contributed by atoms with van der Waals surface area (Å²) in [5.41, 5.74) is 1.17. The lowest BCUT2D eigenvalue weighted by molar-refractivity contribution is -0.631. The largest absolute Gasteiger partial charge is 0.322 e. The Morgan fingerprint density at radius 3 is 2.35 bits per heavy atom. The molecule has 17 heavy (non-hydrogen) atoms. The van der Waals surface area contributed by atoms with E-state index < -0.39 is 0 Å². The number of nitrogens with zero attached hydrogens (tertiary/aromatic N) is 2. The zero-order valence-electron chi connectivity index (χ0n) is 9.72. The van der Waals surface area contributed by atoms with Crippen LogP contribution in [-0.2, 0) is 7.05 Å². The Kier molecular flexibility index (Phi) is 2.15. The molecule has 0 fully saturated rings. The molecule has 1 heterocycles. The van der Waals surface area contributed by atoms with Crippen LogP contribution < -0.4 is 4.57 Å². The lowest BCUT2D eigenvalue weighted by Crippen LogP contribution is -2.29. The van der Waals surface area contributed by atoms with Gasteiger partial charge in [-0.05, 0) is 29.0 Å². The SMILES string of the molecule is C=Nc1ccc2cc3ccccc3cc2[n+]1C. The monoisotopic (exact) mass is 221 g/mol. The third-order valence-electron chi connectivity index (χ3n) is 3.17. The normalized spacial score (nSPS) is 10.9. The van der Waals surface area contributed by atoms with Crippen LogP contribution in [0.5, 0.6) is 0 Å². The first-order valence-electron chi connectivity index (χ1n) is 5.58. The van der Waals surface area contributed by atoms with E-state index in [9.17, 15) is 0 Å². The highest BCUT2D eigenvalue weighted by Crippen LogP contribution is 2.22. The predicted molar refractivity (Wildman–Crippen MR) is 71.8 cm³/mol. The molecule has 82 valence electrons. The number of pyridine rings is 1. The van der Waals surface area contributed by atoms with Crippen molar-refractivity contribution in [1.82, 2.24) is 0 Å². The van der Waals surface area contributed by atoms with Crippen LogP contribution in [0.4, 0.5) is 5.82 Å². The van der Waals surface area contributed by atoms with Crippen molar-refractivity contribution in [3.8, 4) is 0 Å². The second-order valence-electron chi connectivity index (χ2n) is 4.17. The molecule has 0 bridgehead atoms. The number of aromatic nitrogens is 1. The number of hydrogen-bond donors (Lipinski definition) is 0. The van der Waals surface area contributed by atoms with E-state index in [1.165, 1.54) is 21.7 Å². The Balaban J connectivity index is 2.48. The van der Waals surface area contributed by atoms with E-state index in [0.717, 1.165) is 5.82 Å². The molecule has 0 unspecified atom stereocenters. The maximum Gasteiger partial charge on any atom is 0.322 e. The van der Waals surface area contributed by atoms with E-state index in [-0.39, 0.29) is 0 Å². The fourth-order valence-electron chi connectivity index (χ4n) is 2.23. The molecule has 0 saturated carbocycles. The molecule has 2 heteroatoms. The van der Waals surface area contributed by atoms with Crippen molar-refractivity contribution in [1.29, 1.82) is 0 Å². The van der Waals surface area contributed by atoms with Crippen LogP contribution >= 0.6 is 0 Å². The maximum absolute atomic E-state index is 4.01. The number of aliphatic imine (C=N–C) groups is 1. The zero-order valence-corrected chi connectivity index (χ0v) is 9.72. The summed E-state index contributed by atoms with van der Waals surface area (Å²) < 4.78 is 2.06. The van der Waals surface area contributed by atoms with Crippen LogP contribution in [0.3, 0.4) is 0 Å². The third kappa shape index (κ3) is 1.49. The van der Waals surface area contributed by atoms with Crippen LogP contribution in [0.15, 0.2) is 53.5 Å². The van der Waals surface area contributed by atoms with Crippen molar-refractivity contribution in [2.75, 3.05) is 0 Å². The Morgan fingerprint density at radius 1 is 0.941 bits per heavy atom. The van der Waals surface area contributed by atoms with Gasteiger partial charge in [0.15, 0.2) is 0 Å². The van der Waals surface area contributed by atoms with Crippen molar-refractivity contribution < 1.29 is 4.57 Å². The first kappa shape index (κ1) is 9.97. The average molecular weight is 221 g/mol. The lowest BCUT2D eigenvalue weighted by atomic mass is 10.1. The average Bonchev–Trinajstić information content (AvgIpc) is 2.37. The molecular weight excluding hydrogens is 208 g/mol. The molecule has 2 nitrogen and oxygen atoms in total. The molecule has 0 saturated heterocycles. The summed E-state index contributed by atoms with van der Waals surface area (Å²) in [5.74, 6) is 0.882. The van der Waals surface area contributed by atoms with Crippen LogP contribution in [0, 0.1) is 0 Å². The second-order valence-corrected chi connectivity index (χ2v) is 4.17. The summed E-state index contributed by atoms with van der Waals surface area (Å²) >= 11 is 0. The molecule has 0 atom stereocenters. The highest BCUT2D eigenvalue weighted by atomic mass is 15.0. The Bertz CT molecular complexity index is 729. The summed E-state index contributed by atoms with van der Waals surface area (Å²) in [6.45, 7) is 3.59. The van der Waals surface area contributed by atoms with Gasteiger partial charge < -0.3 is 0 Å². The fraction of sp³-hybridized carbons (Fsp3) is 0.0667. The standard InChI is InChI=1S/C15H13N2/c1-16-15-8-7-13-9-11-5-3-4-6-12(11)10-14(13)17(15)2/h3-10H,1H2,2H3/q+1. The molecule has 0 aliphatic rings. The topological polar surface area (TPSA) is 16.2 Å². The Morgan fingerprint density at radius 2 is 1.65 bits per heavy atom.